The van der Waals surface area contributed by atoms with Gasteiger partial charge in [0.15, 0.2) is 0 Å². The Kier molecular flexibility index (Phi) is 5.33. The van der Waals surface area contributed by atoms with Crippen molar-refractivity contribution < 1.29 is 9.53 Å². The van der Waals surface area contributed by atoms with Gasteiger partial charge in [-0.25, -0.2) is 0 Å². The third-order valence-electron chi connectivity index (χ3n) is 6.16. The van der Waals surface area contributed by atoms with E-state index in [1.54, 1.807) is 24.3 Å². The normalized spacial score (nSPS) is 22.1. The molecule has 2 unspecified atom stereocenters. The number of thiocarbonyl (C=S) groups is 1. The molecule has 0 fully saturated rings. The third-order valence-corrected chi connectivity index (χ3v) is 6.26. The molecule has 0 saturated carbocycles. The molecule has 0 saturated heterocycles. The van der Waals surface area contributed by atoms with Gasteiger partial charge in [-0.05, 0) is 77.2 Å². The van der Waals surface area contributed by atoms with Crippen molar-refractivity contribution in [1.82, 2.24) is 0 Å². The highest BCUT2D eigenvalue weighted by Crippen LogP contribution is 2.49. The number of carbonyl (C=O) groups is 1. The zero-order valence-electron chi connectivity index (χ0n) is 17.0. The fourth-order valence-corrected chi connectivity index (χ4v) is 4.85. The van der Waals surface area contributed by atoms with Crippen LogP contribution in [0.15, 0.2) is 112 Å². The number of allylic oxidation sites excluding steroid dienone is 14. The van der Waals surface area contributed by atoms with Gasteiger partial charge in [-0.3, -0.25) is 4.79 Å². The molecular formula is C27H21NO2S. The van der Waals surface area contributed by atoms with Gasteiger partial charge in [0.05, 0.1) is 10.8 Å². The van der Waals surface area contributed by atoms with Crippen LogP contribution in [0, 0.1) is 11.8 Å². The van der Waals surface area contributed by atoms with E-state index in [4.69, 9.17) is 4.74 Å². The molecule has 4 aliphatic carbocycles. The van der Waals surface area contributed by atoms with Crippen molar-refractivity contribution in [2.45, 2.75) is 19.3 Å². The topological polar surface area (TPSA) is 38.7 Å². The Labute approximate surface area is 187 Å². The van der Waals surface area contributed by atoms with E-state index < -0.39 is 0 Å². The van der Waals surface area contributed by atoms with Crippen LogP contribution in [-0.4, -0.2) is 11.1 Å². The number of hydrogen-bond donors (Lipinski definition) is 0. The lowest BCUT2D eigenvalue weighted by molar-refractivity contribution is -0.134. The number of ether oxygens (including phenoxy) is 1. The fraction of sp³-hybridized carbons (Fsp3) is 0.185. The van der Waals surface area contributed by atoms with Gasteiger partial charge in [-0.2, -0.15) is 4.99 Å². The number of rotatable bonds is 6. The number of aliphatic imine (C=N–C) groups is 1. The third kappa shape index (κ3) is 3.88. The van der Waals surface area contributed by atoms with Crippen molar-refractivity contribution in [1.29, 1.82) is 0 Å². The largest absolute Gasteiger partial charge is 0.427 e. The Morgan fingerprint density at radius 3 is 2.48 bits per heavy atom. The van der Waals surface area contributed by atoms with Crippen molar-refractivity contribution in [3.63, 3.8) is 0 Å². The Morgan fingerprint density at radius 1 is 0.935 bits per heavy atom. The van der Waals surface area contributed by atoms with Crippen molar-refractivity contribution in [3.8, 4) is 5.75 Å². The van der Waals surface area contributed by atoms with E-state index in [-0.39, 0.29) is 5.97 Å². The lowest BCUT2D eigenvalue weighted by atomic mass is 9.63. The van der Waals surface area contributed by atoms with Crippen molar-refractivity contribution in [3.05, 3.63) is 107 Å². The first-order valence-corrected chi connectivity index (χ1v) is 10.9. The highest BCUT2D eigenvalue weighted by Gasteiger charge is 2.37. The minimum absolute atomic E-state index is 0.221. The lowest BCUT2D eigenvalue weighted by Gasteiger charge is -2.40. The summed E-state index contributed by atoms with van der Waals surface area (Å²) in [5.74, 6) is 1.10. The summed E-state index contributed by atoms with van der Waals surface area (Å²) in [5.41, 5.74) is 7.54. The number of benzene rings is 1. The minimum atomic E-state index is -0.221. The maximum atomic E-state index is 12.3. The summed E-state index contributed by atoms with van der Waals surface area (Å²) in [4.78, 5) is 16.2. The first kappa shape index (κ1) is 19.6. The molecule has 0 heterocycles. The number of carbonyl (C=O) groups excluding carboxylic acids is 1. The van der Waals surface area contributed by atoms with Gasteiger partial charge in [0, 0.05) is 18.3 Å². The molecule has 0 N–H and O–H groups in total. The molecule has 0 bridgehead atoms. The van der Waals surface area contributed by atoms with E-state index in [9.17, 15) is 4.79 Å². The van der Waals surface area contributed by atoms with Gasteiger partial charge in [-0.15, -0.1) is 0 Å². The summed E-state index contributed by atoms with van der Waals surface area (Å²) in [5, 5.41) is 2.32. The Bertz CT molecular complexity index is 1200. The summed E-state index contributed by atoms with van der Waals surface area (Å²) < 4.78 is 5.45. The monoisotopic (exact) mass is 423 g/mol. The van der Waals surface area contributed by atoms with Crippen LogP contribution in [0.3, 0.4) is 0 Å². The molecule has 3 nitrogen and oxygen atoms in total. The summed E-state index contributed by atoms with van der Waals surface area (Å²) >= 11 is 4.59. The molecule has 0 radical (unpaired) electrons. The van der Waals surface area contributed by atoms with Crippen molar-refractivity contribution >= 4 is 29.0 Å². The van der Waals surface area contributed by atoms with Crippen LogP contribution in [0.25, 0.3) is 0 Å². The SMILES string of the molecule is O=C(CCCC1=C2C=CC3=CC=CC4=CC=C(C=C1)C2C34)Oc1ccc(N=C=S)cc1. The van der Waals surface area contributed by atoms with E-state index in [2.05, 4.69) is 77.1 Å². The minimum Gasteiger partial charge on any atom is -0.427 e. The fourth-order valence-electron chi connectivity index (χ4n) is 4.74. The molecular weight excluding hydrogens is 402 g/mol. The van der Waals surface area contributed by atoms with Gasteiger partial charge >= 0.3 is 5.97 Å². The van der Waals surface area contributed by atoms with Crippen LogP contribution in [0.4, 0.5) is 5.69 Å². The molecule has 31 heavy (non-hydrogen) atoms. The first-order valence-electron chi connectivity index (χ1n) is 10.5. The molecule has 0 spiro atoms. The second kappa shape index (κ2) is 8.43. The van der Waals surface area contributed by atoms with Crippen LogP contribution in [0.2, 0.25) is 0 Å². The summed E-state index contributed by atoms with van der Waals surface area (Å²) in [6, 6.07) is 6.93. The zero-order chi connectivity index (χ0) is 21.2. The smallest absolute Gasteiger partial charge is 0.311 e. The van der Waals surface area contributed by atoms with Gasteiger partial charge < -0.3 is 4.74 Å². The number of hydrogen-bond acceptors (Lipinski definition) is 4. The molecule has 1 aromatic rings. The molecule has 0 aromatic heterocycles. The first-order chi connectivity index (χ1) is 15.2. The number of esters is 1. The standard InChI is InChI=1S/C27H21NO2S/c29-25(30-23-14-12-22(13-15-23)28-17-31)6-2-3-18-7-8-21-10-9-19-4-1-5-20-11-16-24(18)27(21)26(19)20/h1,4-5,7-16,26-27H,2-3,6H2. The van der Waals surface area contributed by atoms with E-state index in [1.165, 1.54) is 27.9 Å². The van der Waals surface area contributed by atoms with Gasteiger partial charge in [0.2, 0.25) is 0 Å². The molecule has 4 heteroatoms. The maximum Gasteiger partial charge on any atom is 0.311 e. The van der Waals surface area contributed by atoms with Crippen LogP contribution in [0.1, 0.15) is 19.3 Å². The number of isothiocyanates is 1. The molecule has 2 atom stereocenters. The second-order valence-corrected chi connectivity index (χ2v) is 8.17. The molecule has 152 valence electrons. The van der Waals surface area contributed by atoms with E-state index in [0.29, 0.717) is 29.7 Å². The van der Waals surface area contributed by atoms with Crippen LogP contribution >= 0.6 is 12.2 Å². The zero-order valence-corrected chi connectivity index (χ0v) is 17.8. The van der Waals surface area contributed by atoms with Crippen LogP contribution < -0.4 is 4.74 Å². The Balaban J connectivity index is 1.24. The molecule has 0 aliphatic heterocycles. The van der Waals surface area contributed by atoms with Crippen molar-refractivity contribution in [2.75, 3.05) is 0 Å². The number of nitrogens with zero attached hydrogens (tertiary/aromatic N) is 1. The molecule has 0 amide bonds. The van der Waals surface area contributed by atoms with Crippen LogP contribution in [-0.2, 0) is 4.79 Å². The summed E-state index contributed by atoms with van der Waals surface area (Å²) in [6.45, 7) is 0. The van der Waals surface area contributed by atoms with E-state index in [0.717, 1.165) is 12.8 Å². The van der Waals surface area contributed by atoms with E-state index >= 15 is 0 Å². The maximum absolute atomic E-state index is 12.3. The quantitative estimate of drug-likeness (QED) is 0.226. The van der Waals surface area contributed by atoms with Gasteiger partial charge in [-0.1, -0.05) is 54.7 Å². The van der Waals surface area contributed by atoms with E-state index in [1.807, 2.05) is 0 Å². The van der Waals surface area contributed by atoms with Crippen LogP contribution in [0.5, 0.6) is 5.75 Å². The second-order valence-electron chi connectivity index (χ2n) is 7.99. The van der Waals surface area contributed by atoms with Crippen molar-refractivity contribution in [2.24, 2.45) is 16.8 Å². The van der Waals surface area contributed by atoms with Gasteiger partial charge in [0.1, 0.15) is 5.75 Å². The highest BCUT2D eigenvalue weighted by molar-refractivity contribution is 7.78. The predicted molar refractivity (Wildman–Crippen MR) is 126 cm³/mol. The summed E-state index contributed by atoms with van der Waals surface area (Å²) in [6.07, 6.45) is 22.1. The Morgan fingerprint density at radius 2 is 1.68 bits per heavy atom. The lowest BCUT2D eigenvalue weighted by Crippen LogP contribution is -2.29. The summed E-state index contributed by atoms with van der Waals surface area (Å²) in [7, 11) is 0. The Hall–Kier alpha value is -3.33. The average molecular weight is 424 g/mol. The molecule has 5 rings (SSSR count). The molecule has 4 aliphatic rings. The molecule has 1 aromatic carbocycles. The van der Waals surface area contributed by atoms with Gasteiger partial charge in [0.25, 0.3) is 0 Å². The average Bonchev–Trinajstić information content (AvgIpc) is 2.80. The highest BCUT2D eigenvalue weighted by atomic mass is 32.1. The predicted octanol–water partition coefficient (Wildman–Crippen LogP) is 6.53.